The van der Waals surface area contributed by atoms with Crippen LogP contribution >= 0.6 is 0 Å². The van der Waals surface area contributed by atoms with E-state index < -0.39 is 0 Å². The van der Waals surface area contributed by atoms with Gasteiger partial charge in [0.1, 0.15) is 5.76 Å². The van der Waals surface area contributed by atoms with E-state index in [1.165, 1.54) is 0 Å². The van der Waals surface area contributed by atoms with Crippen molar-refractivity contribution in [3.8, 4) is 0 Å². The fourth-order valence-corrected chi connectivity index (χ4v) is 1.52. The van der Waals surface area contributed by atoms with Gasteiger partial charge in [-0.05, 0) is 18.6 Å². The molecule has 4 heteroatoms. The molecule has 80 valence electrons. The summed E-state index contributed by atoms with van der Waals surface area (Å²) < 4.78 is 7.16. The Kier molecular flexibility index (Phi) is 2.87. The number of nitrogens with two attached hydrogens (primary N) is 1. The van der Waals surface area contributed by atoms with Crippen molar-refractivity contribution in [2.24, 2.45) is 5.73 Å². The molecule has 0 aliphatic rings. The average Bonchev–Trinajstić information content (AvgIpc) is 2.87. The van der Waals surface area contributed by atoms with E-state index >= 15 is 0 Å². The minimum absolute atomic E-state index is 0.217. The molecule has 0 radical (unpaired) electrons. The Morgan fingerprint density at radius 1 is 1.60 bits per heavy atom. The lowest BCUT2D eigenvalue weighted by Crippen LogP contribution is -2.10. The van der Waals surface area contributed by atoms with Gasteiger partial charge in [0.25, 0.3) is 0 Å². The third-order valence-corrected chi connectivity index (χ3v) is 2.31. The zero-order valence-electron chi connectivity index (χ0n) is 8.76. The van der Waals surface area contributed by atoms with Gasteiger partial charge in [0, 0.05) is 18.3 Å². The first-order valence-corrected chi connectivity index (χ1v) is 5.12. The molecule has 2 aromatic rings. The Morgan fingerprint density at radius 3 is 3.13 bits per heavy atom. The van der Waals surface area contributed by atoms with Gasteiger partial charge in [-0.2, -0.15) is 5.10 Å². The number of aromatic nitrogens is 2. The van der Waals surface area contributed by atoms with Gasteiger partial charge in [-0.25, -0.2) is 0 Å². The summed E-state index contributed by atoms with van der Waals surface area (Å²) in [6.07, 6.45) is 6.46. The Bertz CT molecular complexity index is 405. The van der Waals surface area contributed by atoms with Crippen molar-refractivity contribution in [1.82, 2.24) is 9.78 Å². The van der Waals surface area contributed by atoms with Crippen molar-refractivity contribution in [3.05, 3.63) is 42.1 Å². The van der Waals surface area contributed by atoms with Crippen LogP contribution in [-0.2, 0) is 6.54 Å². The Balaban J connectivity index is 2.15. The maximum atomic E-state index is 6.02. The summed E-state index contributed by atoms with van der Waals surface area (Å²) in [4.78, 5) is 0. The average molecular weight is 205 g/mol. The monoisotopic (exact) mass is 205 g/mol. The smallest absolute Gasteiger partial charge is 0.125 e. The van der Waals surface area contributed by atoms with Crippen LogP contribution in [0.25, 0.3) is 0 Å². The second kappa shape index (κ2) is 4.31. The molecule has 1 atom stereocenters. The lowest BCUT2D eigenvalue weighted by Gasteiger charge is -2.04. The van der Waals surface area contributed by atoms with E-state index in [9.17, 15) is 0 Å². The largest absolute Gasteiger partial charge is 0.467 e. The first-order chi connectivity index (χ1) is 7.31. The SMILES string of the molecule is CCCn1cc(C(N)c2ccco2)cn1. The summed E-state index contributed by atoms with van der Waals surface area (Å²) in [6, 6.07) is 3.50. The summed E-state index contributed by atoms with van der Waals surface area (Å²) in [5, 5.41) is 4.23. The molecular formula is C11H15N3O. The predicted molar refractivity (Wildman–Crippen MR) is 57.3 cm³/mol. The molecule has 0 spiro atoms. The summed E-state index contributed by atoms with van der Waals surface area (Å²) in [7, 11) is 0. The van der Waals surface area contributed by atoms with E-state index in [0.29, 0.717) is 0 Å². The lowest BCUT2D eigenvalue weighted by molar-refractivity contribution is 0.489. The van der Waals surface area contributed by atoms with Gasteiger partial charge in [-0.1, -0.05) is 6.92 Å². The van der Waals surface area contributed by atoms with Crippen LogP contribution in [0.3, 0.4) is 0 Å². The molecule has 2 rings (SSSR count). The van der Waals surface area contributed by atoms with E-state index in [0.717, 1.165) is 24.3 Å². The van der Waals surface area contributed by atoms with E-state index in [4.69, 9.17) is 10.2 Å². The molecule has 2 N–H and O–H groups in total. The fraction of sp³-hybridized carbons (Fsp3) is 0.364. The molecule has 15 heavy (non-hydrogen) atoms. The van der Waals surface area contributed by atoms with Gasteiger partial charge in [-0.15, -0.1) is 0 Å². The number of furan rings is 1. The molecular weight excluding hydrogens is 190 g/mol. The quantitative estimate of drug-likeness (QED) is 0.829. The summed E-state index contributed by atoms with van der Waals surface area (Å²) >= 11 is 0. The van der Waals surface area contributed by atoms with Crippen LogP contribution in [-0.4, -0.2) is 9.78 Å². The van der Waals surface area contributed by atoms with Crippen LogP contribution < -0.4 is 5.73 Å². The maximum absolute atomic E-state index is 6.02. The molecule has 0 amide bonds. The van der Waals surface area contributed by atoms with Crippen LogP contribution in [0.15, 0.2) is 35.2 Å². The highest BCUT2D eigenvalue weighted by Gasteiger charge is 2.13. The van der Waals surface area contributed by atoms with Crippen molar-refractivity contribution in [2.75, 3.05) is 0 Å². The maximum Gasteiger partial charge on any atom is 0.125 e. The van der Waals surface area contributed by atoms with Gasteiger partial charge in [-0.3, -0.25) is 4.68 Å². The molecule has 0 saturated heterocycles. The van der Waals surface area contributed by atoms with E-state index in [1.54, 1.807) is 12.5 Å². The standard InChI is InChI=1S/C11H15N3O/c1-2-5-14-8-9(7-13-14)11(12)10-4-3-6-15-10/h3-4,6-8,11H,2,5,12H2,1H3. The first-order valence-electron chi connectivity index (χ1n) is 5.12. The highest BCUT2D eigenvalue weighted by molar-refractivity contribution is 5.20. The van der Waals surface area contributed by atoms with Crippen molar-refractivity contribution >= 4 is 0 Å². The molecule has 4 nitrogen and oxygen atoms in total. The second-order valence-corrected chi connectivity index (χ2v) is 3.53. The number of aryl methyl sites for hydroxylation is 1. The van der Waals surface area contributed by atoms with E-state index in [-0.39, 0.29) is 6.04 Å². The van der Waals surface area contributed by atoms with Crippen molar-refractivity contribution in [3.63, 3.8) is 0 Å². The summed E-state index contributed by atoms with van der Waals surface area (Å²) in [6.45, 7) is 3.04. The van der Waals surface area contributed by atoms with Crippen molar-refractivity contribution < 1.29 is 4.42 Å². The molecule has 0 aromatic carbocycles. The number of hydrogen-bond donors (Lipinski definition) is 1. The Morgan fingerprint density at radius 2 is 2.47 bits per heavy atom. The minimum Gasteiger partial charge on any atom is -0.467 e. The van der Waals surface area contributed by atoms with Gasteiger partial charge in [0.05, 0.1) is 18.5 Å². The molecule has 0 aliphatic carbocycles. The van der Waals surface area contributed by atoms with Crippen LogP contribution in [0.5, 0.6) is 0 Å². The Labute approximate surface area is 88.7 Å². The van der Waals surface area contributed by atoms with Gasteiger partial charge < -0.3 is 10.2 Å². The van der Waals surface area contributed by atoms with Gasteiger partial charge >= 0.3 is 0 Å². The third kappa shape index (κ3) is 2.10. The summed E-state index contributed by atoms with van der Waals surface area (Å²) in [5.41, 5.74) is 7.01. The second-order valence-electron chi connectivity index (χ2n) is 3.53. The number of rotatable bonds is 4. The third-order valence-electron chi connectivity index (χ3n) is 2.31. The zero-order chi connectivity index (χ0) is 10.7. The molecule has 0 fully saturated rings. The van der Waals surface area contributed by atoms with Crippen LogP contribution in [0.4, 0.5) is 0 Å². The lowest BCUT2D eigenvalue weighted by atomic mass is 10.1. The predicted octanol–water partition coefficient (Wildman–Crippen LogP) is 1.93. The van der Waals surface area contributed by atoms with E-state index in [2.05, 4.69) is 12.0 Å². The number of hydrogen-bond acceptors (Lipinski definition) is 3. The molecule has 0 aliphatic heterocycles. The molecule has 1 unspecified atom stereocenters. The Hall–Kier alpha value is -1.55. The van der Waals surface area contributed by atoms with E-state index in [1.807, 2.05) is 23.0 Å². The normalized spacial score (nSPS) is 12.9. The molecule has 0 bridgehead atoms. The molecule has 2 heterocycles. The van der Waals surface area contributed by atoms with Crippen LogP contribution in [0, 0.1) is 0 Å². The first kappa shape index (κ1) is 9.98. The highest BCUT2D eigenvalue weighted by Crippen LogP contribution is 2.18. The van der Waals surface area contributed by atoms with Crippen molar-refractivity contribution in [2.45, 2.75) is 25.9 Å². The van der Waals surface area contributed by atoms with Crippen LogP contribution in [0.2, 0.25) is 0 Å². The van der Waals surface area contributed by atoms with Gasteiger partial charge in [0.15, 0.2) is 0 Å². The molecule has 0 saturated carbocycles. The van der Waals surface area contributed by atoms with Crippen molar-refractivity contribution in [1.29, 1.82) is 0 Å². The van der Waals surface area contributed by atoms with Crippen LogP contribution in [0.1, 0.15) is 30.7 Å². The molecule has 2 aromatic heterocycles. The number of nitrogens with zero attached hydrogens (tertiary/aromatic N) is 2. The highest BCUT2D eigenvalue weighted by atomic mass is 16.3. The summed E-state index contributed by atoms with van der Waals surface area (Å²) in [5.74, 6) is 0.769. The minimum atomic E-state index is -0.217. The topological polar surface area (TPSA) is 57.0 Å². The van der Waals surface area contributed by atoms with Gasteiger partial charge in [0.2, 0.25) is 0 Å². The zero-order valence-corrected chi connectivity index (χ0v) is 8.76. The fourth-order valence-electron chi connectivity index (χ4n) is 1.52.